The second kappa shape index (κ2) is 14.4. The maximum absolute atomic E-state index is 5.09. The smallest absolute Gasteiger partial charge is 0.164 e. The predicted molar refractivity (Wildman–Crippen MR) is 242 cm³/mol. The Morgan fingerprint density at radius 2 is 0.776 bits per heavy atom. The fourth-order valence-electron chi connectivity index (χ4n) is 8.32. The van der Waals surface area contributed by atoms with Gasteiger partial charge in [-0.15, -0.1) is 0 Å². The Morgan fingerprint density at radius 1 is 0.345 bits per heavy atom. The number of benzene rings is 8. The van der Waals surface area contributed by atoms with Gasteiger partial charge in [-0.05, 0) is 70.9 Å². The first-order chi connectivity index (χ1) is 28.8. The number of fused-ring (bicyclic) bond motifs is 7. The predicted octanol–water partition coefficient (Wildman–Crippen LogP) is 11.9. The van der Waals surface area contributed by atoms with Crippen LogP contribution in [0.2, 0.25) is 0 Å². The molecule has 10 aromatic rings. The van der Waals surface area contributed by atoms with Crippen LogP contribution in [0, 0.1) is 0 Å². The molecule has 4 nitrogen and oxygen atoms in total. The minimum Gasteiger partial charge on any atom is -0.309 e. The third-order valence-electron chi connectivity index (χ3n) is 11.0. The third-order valence-corrected chi connectivity index (χ3v) is 13.6. The summed E-state index contributed by atoms with van der Waals surface area (Å²) in [6, 6.07) is 75.6. The van der Waals surface area contributed by atoms with Crippen molar-refractivity contribution in [3.8, 4) is 73.4 Å². The highest BCUT2D eigenvalue weighted by atomic mass is 31.1. The minimum atomic E-state index is -0.813. The van der Waals surface area contributed by atoms with Gasteiger partial charge in [0.25, 0.3) is 0 Å². The molecule has 0 bridgehead atoms. The summed E-state index contributed by atoms with van der Waals surface area (Å²) < 4.78 is 2.45. The van der Waals surface area contributed by atoms with Crippen LogP contribution >= 0.6 is 7.92 Å². The van der Waals surface area contributed by atoms with Gasteiger partial charge in [0.05, 0.1) is 11.2 Å². The summed E-state index contributed by atoms with van der Waals surface area (Å²) in [6.45, 7) is 0. The Hall–Kier alpha value is -7.26. The second-order valence-electron chi connectivity index (χ2n) is 14.4. The van der Waals surface area contributed by atoms with Crippen molar-refractivity contribution in [3.05, 3.63) is 212 Å². The van der Waals surface area contributed by atoms with Gasteiger partial charge < -0.3 is 4.57 Å². The topological polar surface area (TPSA) is 43.6 Å². The van der Waals surface area contributed by atoms with E-state index in [0.717, 1.165) is 27.9 Å². The van der Waals surface area contributed by atoms with Crippen molar-refractivity contribution in [1.29, 1.82) is 0 Å². The van der Waals surface area contributed by atoms with Gasteiger partial charge in [-0.3, -0.25) is 0 Å². The largest absolute Gasteiger partial charge is 0.309 e. The molecule has 3 heterocycles. The molecule has 5 heteroatoms. The van der Waals surface area contributed by atoms with E-state index in [4.69, 9.17) is 15.0 Å². The molecule has 0 aliphatic carbocycles. The first-order valence-corrected chi connectivity index (χ1v) is 20.9. The molecular weight excluding hydrogens is 724 g/mol. The number of hydrogen-bond acceptors (Lipinski definition) is 3. The molecule has 0 radical (unpaired) electrons. The molecule has 2 aromatic heterocycles. The first-order valence-electron chi connectivity index (χ1n) is 19.5. The van der Waals surface area contributed by atoms with Crippen molar-refractivity contribution >= 4 is 34.7 Å². The summed E-state index contributed by atoms with van der Waals surface area (Å²) in [5.74, 6) is 1.91. The van der Waals surface area contributed by atoms with Crippen LogP contribution in [0.3, 0.4) is 0 Å². The average Bonchev–Trinajstić information content (AvgIpc) is 3.59. The Bertz CT molecular complexity index is 3090. The molecular formula is C53H35N4P. The van der Waals surface area contributed by atoms with E-state index in [9.17, 15) is 0 Å². The molecule has 1 aliphatic heterocycles. The number of aromatic nitrogens is 4. The lowest BCUT2D eigenvalue weighted by Crippen LogP contribution is -2.22. The van der Waals surface area contributed by atoms with E-state index in [1.807, 2.05) is 36.4 Å². The van der Waals surface area contributed by atoms with Crippen LogP contribution in [-0.4, -0.2) is 19.5 Å². The molecule has 1 aliphatic rings. The molecule has 0 N–H and O–H groups in total. The van der Waals surface area contributed by atoms with Crippen LogP contribution in [0.1, 0.15) is 0 Å². The highest BCUT2D eigenvalue weighted by Crippen LogP contribution is 2.50. The highest BCUT2D eigenvalue weighted by molar-refractivity contribution is 7.80. The molecule has 11 rings (SSSR count). The van der Waals surface area contributed by atoms with E-state index < -0.39 is 7.92 Å². The highest BCUT2D eigenvalue weighted by Gasteiger charge is 2.32. The Balaban J connectivity index is 1.07. The van der Waals surface area contributed by atoms with Crippen LogP contribution in [0.25, 0.3) is 84.3 Å². The monoisotopic (exact) mass is 758 g/mol. The summed E-state index contributed by atoms with van der Waals surface area (Å²) >= 11 is 0. The quantitative estimate of drug-likeness (QED) is 0.159. The minimum absolute atomic E-state index is 0.631. The normalized spacial score (nSPS) is 13.0. The van der Waals surface area contributed by atoms with E-state index in [-0.39, 0.29) is 0 Å². The van der Waals surface area contributed by atoms with Gasteiger partial charge in [0.1, 0.15) is 0 Å². The molecule has 8 aromatic carbocycles. The van der Waals surface area contributed by atoms with Gasteiger partial charge in [0.2, 0.25) is 0 Å². The van der Waals surface area contributed by atoms with E-state index in [1.165, 1.54) is 54.8 Å². The van der Waals surface area contributed by atoms with Crippen molar-refractivity contribution in [1.82, 2.24) is 19.5 Å². The van der Waals surface area contributed by atoms with Crippen LogP contribution in [0.15, 0.2) is 212 Å². The fraction of sp³-hybridized carbons (Fsp3) is 0. The summed E-state index contributed by atoms with van der Waals surface area (Å²) in [6.07, 6.45) is 0. The van der Waals surface area contributed by atoms with Gasteiger partial charge in [-0.25, -0.2) is 15.0 Å². The molecule has 1 atom stereocenters. The Morgan fingerprint density at radius 3 is 1.41 bits per heavy atom. The molecule has 0 fully saturated rings. The zero-order valence-electron chi connectivity index (χ0n) is 31.4. The van der Waals surface area contributed by atoms with Crippen molar-refractivity contribution in [2.45, 2.75) is 0 Å². The van der Waals surface area contributed by atoms with Crippen LogP contribution in [0.4, 0.5) is 0 Å². The van der Waals surface area contributed by atoms with E-state index in [0.29, 0.717) is 17.5 Å². The lowest BCUT2D eigenvalue weighted by atomic mass is 9.98. The van der Waals surface area contributed by atoms with Crippen LogP contribution < -0.4 is 15.9 Å². The van der Waals surface area contributed by atoms with Gasteiger partial charge in [-0.2, -0.15) is 0 Å². The SMILES string of the molecule is c1ccc(-c2ccc(-c3nc(-c4ccccc4)nc(-c4ccc(-n5c6c(c7ccccc75)-c5ccccc5P(c5ccccc5)c5ccccc5-6)cc4)n3)cc2)cc1. The van der Waals surface area contributed by atoms with Crippen LogP contribution in [0.5, 0.6) is 0 Å². The summed E-state index contributed by atoms with van der Waals surface area (Å²) in [5, 5.41) is 5.32. The van der Waals surface area contributed by atoms with Gasteiger partial charge >= 0.3 is 0 Å². The van der Waals surface area contributed by atoms with Crippen LogP contribution in [-0.2, 0) is 0 Å². The fourth-order valence-corrected chi connectivity index (χ4v) is 10.9. The van der Waals surface area contributed by atoms with Crippen molar-refractivity contribution in [3.63, 3.8) is 0 Å². The van der Waals surface area contributed by atoms with E-state index >= 15 is 0 Å². The lowest BCUT2D eigenvalue weighted by molar-refractivity contribution is 1.07. The number of hydrogen-bond donors (Lipinski definition) is 0. The average molecular weight is 759 g/mol. The molecule has 0 spiro atoms. The maximum Gasteiger partial charge on any atom is 0.164 e. The molecule has 0 saturated carbocycles. The number of para-hydroxylation sites is 1. The zero-order valence-corrected chi connectivity index (χ0v) is 32.3. The second-order valence-corrected chi connectivity index (χ2v) is 16.6. The number of nitrogens with zero attached hydrogens (tertiary/aromatic N) is 4. The summed E-state index contributed by atoms with van der Waals surface area (Å²) in [5.41, 5.74) is 12.4. The number of rotatable bonds is 6. The lowest BCUT2D eigenvalue weighted by Gasteiger charge is -2.22. The summed E-state index contributed by atoms with van der Waals surface area (Å²) in [7, 11) is -0.813. The van der Waals surface area contributed by atoms with Gasteiger partial charge in [-0.1, -0.05) is 182 Å². The molecule has 0 saturated heterocycles. The van der Waals surface area contributed by atoms with E-state index in [1.54, 1.807) is 0 Å². The van der Waals surface area contributed by atoms with Crippen molar-refractivity contribution in [2.75, 3.05) is 0 Å². The Kier molecular flexibility index (Phi) is 8.42. The molecule has 0 amide bonds. The zero-order chi connectivity index (χ0) is 38.4. The van der Waals surface area contributed by atoms with E-state index in [2.05, 4.69) is 180 Å². The Labute approximate surface area is 338 Å². The standard InChI is InChI=1S/C53H35N4P/c1-4-16-36(17-5-1)37-28-30-39(31-29-37)52-54-51(38-18-6-2-7-19-38)55-53(56-52)40-32-34-41(35-33-40)57-46-25-13-10-22-43(46)49-44-23-11-14-26-47(44)58(42-20-8-3-9-21-42)48-27-15-12-24-45(48)50(49)57/h1-35H. The van der Waals surface area contributed by atoms with Crippen molar-refractivity contribution < 1.29 is 0 Å². The van der Waals surface area contributed by atoms with Crippen molar-refractivity contribution in [2.24, 2.45) is 0 Å². The van der Waals surface area contributed by atoms with Gasteiger partial charge in [0.15, 0.2) is 17.5 Å². The van der Waals surface area contributed by atoms with Gasteiger partial charge in [0, 0.05) is 38.9 Å². The first kappa shape index (κ1) is 34.0. The molecule has 272 valence electrons. The molecule has 58 heavy (non-hydrogen) atoms. The third kappa shape index (κ3) is 5.86. The molecule has 1 unspecified atom stereocenters. The summed E-state index contributed by atoms with van der Waals surface area (Å²) in [4.78, 5) is 15.1. The maximum atomic E-state index is 5.09.